The summed E-state index contributed by atoms with van der Waals surface area (Å²) >= 11 is 12.3. The number of carbonyl (C=O) groups is 2. The van der Waals surface area contributed by atoms with Gasteiger partial charge in [-0.15, -0.1) is 0 Å². The number of nitrogens with zero attached hydrogens (tertiary/aromatic N) is 1. The van der Waals surface area contributed by atoms with Gasteiger partial charge in [0.15, 0.2) is 0 Å². The van der Waals surface area contributed by atoms with Crippen molar-refractivity contribution in [2.75, 3.05) is 6.54 Å². The summed E-state index contributed by atoms with van der Waals surface area (Å²) in [6.45, 7) is 2.44. The van der Waals surface area contributed by atoms with E-state index in [1.165, 1.54) is 6.42 Å². The Labute approximate surface area is 201 Å². The van der Waals surface area contributed by atoms with Crippen molar-refractivity contribution in [3.63, 3.8) is 0 Å². The zero-order valence-corrected chi connectivity index (χ0v) is 20.2. The number of amides is 2. The lowest BCUT2D eigenvalue weighted by molar-refractivity contribution is -0.140. The highest BCUT2D eigenvalue weighted by Crippen LogP contribution is 2.23. The molecule has 1 fully saturated rings. The first-order valence-corrected chi connectivity index (χ1v) is 12.3. The first-order chi connectivity index (χ1) is 15.5. The zero-order chi connectivity index (χ0) is 22.9. The van der Waals surface area contributed by atoms with Gasteiger partial charge in [0.1, 0.15) is 6.04 Å². The van der Waals surface area contributed by atoms with Crippen LogP contribution in [0.3, 0.4) is 0 Å². The van der Waals surface area contributed by atoms with Crippen molar-refractivity contribution < 1.29 is 9.59 Å². The number of hydrogen-bond acceptors (Lipinski definition) is 2. The molecular formula is C26H32Cl2N2O2. The molecule has 4 nitrogen and oxygen atoms in total. The SMILES string of the molecule is CCC(C(=O)NC1CCCCC1)N(CCc1ccccc1)C(=O)Cc1ccc(Cl)cc1Cl. The monoisotopic (exact) mass is 474 g/mol. The summed E-state index contributed by atoms with van der Waals surface area (Å²) in [6, 6.07) is 14.9. The van der Waals surface area contributed by atoms with Crippen molar-refractivity contribution in [3.8, 4) is 0 Å². The maximum Gasteiger partial charge on any atom is 0.243 e. The minimum atomic E-state index is -0.501. The first kappa shape index (κ1) is 24.6. The van der Waals surface area contributed by atoms with Crippen LogP contribution < -0.4 is 5.32 Å². The first-order valence-electron chi connectivity index (χ1n) is 11.6. The maximum absolute atomic E-state index is 13.4. The number of carbonyl (C=O) groups excluding carboxylic acids is 2. The van der Waals surface area contributed by atoms with Crippen LogP contribution in [0.25, 0.3) is 0 Å². The summed E-state index contributed by atoms with van der Waals surface area (Å²) in [5.41, 5.74) is 1.85. The van der Waals surface area contributed by atoms with Crippen molar-refractivity contribution in [3.05, 3.63) is 69.7 Å². The third-order valence-electron chi connectivity index (χ3n) is 6.18. The van der Waals surface area contributed by atoms with Crippen LogP contribution in [0.15, 0.2) is 48.5 Å². The third kappa shape index (κ3) is 6.98. The maximum atomic E-state index is 13.4. The Morgan fingerprint density at radius 2 is 1.78 bits per heavy atom. The van der Waals surface area contributed by atoms with Gasteiger partial charge in [0.2, 0.25) is 11.8 Å². The normalized spacial score (nSPS) is 15.2. The second-order valence-corrected chi connectivity index (χ2v) is 9.35. The lowest BCUT2D eigenvalue weighted by atomic mass is 9.95. The van der Waals surface area contributed by atoms with E-state index >= 15 is 0 Å². The standard InChI is InChI=1S/C26H32Cl2N2O2/c1-2-24(26(32)29-22-11-7-4-8-12-22)30(16-15-19-9-5-3-6-10-19)25(31)17-20-13-14-21(27)18-23(20)28/h3,5-6,9-10,13-14,18,22,24H,2,4,7-8,11-12,15-17H2,1H3,(H,29,32). The van der Waals surface area contributed by atoms with Crippen LogP contribution in [-0.2, 0) is 22.4 Å². The van der Waals surface area contributed by atoms with E-state index < -0.39 is 6.04 Å². The van der Waals surface area contributed by atoms with Crippen molar-refractivity contribution in [2.45, 2.75) is 70.4 Å². The predicted octanol–water partition coefficient (Wildman–Crippen LogP) is 5.83. The topological polar surface area (TPSA) is 49.4 Å². The number of benzene rings is 2. The van der Waals surface area contributed by atoms with E-state index in [4.69, 9.17) is 23.2 Å². The molecule has 0 aromatic heterocycles. The minimum absolute atomic E-state index is 0.0528. The second-order valence-electron chi connectivity index (χ2n) is 8.50. The molecule has 1 atom stereocenters. The fourth-order valence-electron chi connectivity index (χ4n) is 4.37. The van der Waals surface area contributed by atoms with E-state index in [1.54, 1.807) is 23.1 Å². The van der Waals surface area contributed by atoms with Crippen LogP contribution >= 0.6 is 23.2 Å². The van der Waals surface area contributed by atoms with Crippen LogP contribution in [0.5, 0.6) is 0 Å². The molecule has 0 bridgehead atoms. The molecule has 0 heterocycles. The van der Waals surface area contributed by atoms with Gasteiger partial charge in [-0.1, -0.05) is 85.8 Å². The molecule has 172 valence electrons. The summed E-state index contributed by atoms with van der Waals surface area (Å²) in [4.78, 5) is 28.4. The van der Waals surface area contributed by atoms with Gasteiger partial charge in [-0.2, -0.15) is 0 Å². The van der Waals surface area contributed by atoms with Crippen LogP contribution in [0.1, 0.15) is 56.6 Å². The molecule has 3 rings (SSSR count). The predicted molar refractivity (Wildman–Crippen MR) is 131 cm³/mol. The van der Waals surface area contributed by atoms with Gasteiger partial charge in [-0.05, 0) is 48.9 Å². The summed E-state index contributed by atoms with van der Waals surface area (Å²) in [5.74, 6) is -0.154. The summed E-state index contributed by atoms with van der Waals surface area (Å²) < 4.78 is 0. The minimum Gasteiger partial charge on any atom is -0.352 e. The number of hydrogen-bond donors (Lipinski definition) is 1. The van der Waals surface area contributed by atoms with E-state index in [-0.39, 0.29) is 24.3 Å². The molecule has 2 amide bonds. The summed E-state index contributed by atoms with van der Waals surface area (Å²) in [7, 11) is 0. The molecule has 0 aliphatic heterocycles. The van der Waals surface area contributed by atoms with Crippen molar-refractivity contribution >= 4 is 35.0 Å². The molecular weight excluding hydrogens is 443 g/mol. The number of halogens is 2. The zero-order valence-electron chi connectivity index (χ0n) is 18.7. The Kier molecular flexibility index (Phi) is 9.43. The second kappa shape index (κ2) is 12.3. The fraction of sp³-hybridized carbons (Fsp3) is 0.462. The van der Waals surface area contributed by atoms with Crippen LogP contribution in [0.4, 0.5) is 0 Å². The Bertz CT molecular complexity index is 898. The van der Waals surface area contributed by atoms with Gasteiger partial charge in [-0.3, -0.25) is 9.59 Å². The van der Waals surface area contributed by atoms with Gasteiger partial charge in [0.05, 0.1) is 6.42 Å². The Morgan fingerprint density at radius 3 is 2.44 bits per heavy atom. The molecule has 0 saturated heterocycles. The molecule has 1 aliphatic carbocycles. The molecule has 2 aromatic carbocycles. The highest BCUT2D eigenvalue weighted by atomic mass is 35.5. The smallest absolute Gasteiger partial charge is 0.243 e. The molecule has 1 unspecified atom stereocenters. The highest BCUT2D eigenvalue weighted by Gasteiger charge is 2.30. The molecule has 6 heteroatoms. The van der Waals surface area contributed by atoms with Gasteiger partial charge < -0.3 is 10.2 Å². The molecule has 1 aliphatic rings. The molecule has 2 aromatic rings. The Hall–Kier alpha value is -2.04. The van der Waals surface area contributed by atoms with Crippen molar-refractivity contribution in [1.29, 1.82) is 0 Å². The average Bonchev–Trinajstić information content (AvgIpc) is 2.79. The van der Waals surface area contributed by atoms with Crippen LogP contribution in [0.2, 0.25) is 10.0 Å². The van der Waals surface area contributed by atoms with Crippen molar-refractivity contribution in [2.24, 2.45) is 0 Å². The third-order valence-corrected chi connectivity index (χ3v) is 6.77. The van der Waals surface area contributed by atoms with E-state index in [1.807, 2.05) is 37.3 Å². The highest BCUT2D eigenvalue weighted by molar-refractivity contribution is 6.35. The Morgan fingerprint density at radius 1 is 1.06 bits per heavy atom. The van der Waals surface area contributed by atoms with E-state index in [0.717, 1.165) is 31.2 Å². The Balaban J connectivity index is 1.76. The van der Waals surface area contributed by atoms with Gasteiger partial charge >= 0.3 is 0 Å². The summed E-state index contributed by atoms with van der Waals surface area (Å²) in [6.07, 6.45) is 6.94. The number of nitrogens with one attached hydrogen (secondary N) is 1. The summed E-state index contributed by atoms with van der Waals surface area (Å²) in [5, 5.41) is 4.21. The molecule has 0 radical (unpaired) electrons. The van der Waals surface area contributed by atoms with Crippen molar-refractivity contribution in [1.82, 2.24) is 10.2 Å². The number of rotatable bonds is 9. The molecule has 0 spiro atoms. The van der Waals surface area contributed by atoms with Crippen LogP contribution in [-0.4, -0.2) is 35.3 Å². The van der Waals surface area contributed by atoms with E-state index in [9.17, 15) is 9.59 Å². The largest absolute Gasteiger partial charge is 0.352 e. The van der Waals surface area contributed by atoms with Gasteiger partial charge in [0, 0.05) is 22.6 Å². The van der Waals surface area contributed by atoms with E-state index in [2.05, 4.69) is 5.32 Å². The molecule has 1 N–H and O–H groups in total. The molecule has 1 saturated carbocycles. The van der Waals surface area contributed by atoms with Gasteiger partial charge in [-0.25, -0.2) is 0 Å². The van der Waals surface area contributed by atoms with Crippen LogP contribution in [0, 0.1) is 0 Å². The van der Waals surface area contributed by atoms with E-state index in [0.29, 0.717) is 35.0 Å². The quantitative estimate of drug-likeness (QED) is 0.496. The van der Waals surface area contributed by atoms with Gasteiger partial charge in [0.25, 0.3) is 0 Å². The molecule has 32 heavy (non-hydrogen) atoms. The lowest BCUT2D eigenvalue weighted by Gasteiger charge is -2.33. The lowest BCUT2D eigenvalue weighted by Crippen LogP contribution is -2.52. The fourth-order valence-corrected chi connectivity index (χ4v) is 4.85. The average molecular weight is 475 g/mol.